The lowest BCUT2D eigenvalue weighted by atomic mass is 10.2. The molecule has 7 nitrogen and oxygen atoms in total. The zero-order chi connectivity index (χ0) is 16.8. The summed E-state index contributed by atoms with van der Waals surface area (Å²) >= 11 is 0. The fourth-order valence-electron chi connectivity index (χ4n) is 1.68. The summed E-state index contributed by atoms with van der Waals surface area (Å²) in [5.41, 5.74) is -0.467. The summed E-state index contributed by atoms with van der Waals surface area (Å²) in [7, 11) is 0. The Hall–Kier alpha value is -3.47. The molecule has 0 aliphatic rings. The number of carbonyl (C=O) groups is 1. The van der Waals surface area contributed by atoms with E-state index in [0.29, 0.717) is 0 Å². The van der Waals surface area contributed by atoms with Crippen LogP contribution < -0.4 is 9.47 Å². The number of nitro benzene ring substituents is 1. The molecule has 0 atom stereocenters. The summed E-state index contributed by atoms with van der Waals surface area (Å²) in [6.45, 7) is -0.591. The number of nitrogens with zero attached hydrogens (tertiary/aromatic N) is 2. The molecule has 0 saturated carbocycles. The van der Waals surface area contributed by atoms with E-state index in [9.17, 15) is 19.3 Å². The number of esters is 1. The number of para-hydroxylation sites is 2. The molecule has 2 aromatic carbocycles. The first-order valence-electron chi connectivity index (χ1n) is 6.28. The summed E-state index contributed by atoms with van der Waals surface area (Å²) in [6.07, 6.45) is 0. The highest BCUT2D eigenvalue weighted by atomic mass is 19.1. The van der Waals surface area contributed by atoms with Crippen LogP contribution in [0.2, 0.25) is 0 Å². The van der Waals surface area contributed by atoms with Crippen LogP contribution in [0.3, 0.4) is 0 Å². The van der Waals surface area contributed by atoms with Crippen molar-refractivity contribution in [2.45, 2.75) is 0 Å². The summed E-state index contributed by atoms with van der Waals surface area (Å²) in [6, 6.07) is 10.5. The quantitative estimate of drug-likeness (QED) is 0.363. The van der Waals surface area contributed by atoms with Gasteiger partial charge in [-0.25, -0.2) is 9.18 Å². The largest absolute Gasteiger partial charge is 0.475 e. The van der Waals surface area contributed by atoms with Gasteiger partial charge >= 0.3 is 11.7 Å². The highest BCUT2D eigenvalue weighted by Gasteiger charge is 2.16. The monoisotopic (exact) mass is 316 g/mol. The first-order chi connectivity index (χ1) is 11.0. The van der Waals surface area contributed by atoms with Crippen LogP contribution in [0.1, 0.15) is 5.56 Å². The molecule has 0 aliphatic carbocycles. The van der Waals surface area contributed by atoms with Crippen molar-refractivity contribution in [1.82, 2.24) is 0 Å². The minimum Gasteiger partial charge on any atom is -0.475 e. The normalized spacial score (nSPS) is 9.74. The summed E-state index contributed by atoms with van der Waals surface area (Å²) in [5, 5.41) is 19.4. The molecule has 0 spiro atoms. The van der Waals surface area contributed by atoms with Crippen LogP contribution in [-0.2, 0) is 4.79 Å². The number of rotatable bonds is 5. The Morgan fingerprint density at radius 3 is 2.70 bits per heavy atom. The predicted octanol–water partition coefficient (Wildman–Crippen LogP) is 2.59. The molecule has 23 heavy (non-hydrogen) atoms. The van der Waals surface area contributed by atoms with Crippen molar-refractivity contribution < 1.29 is 23.6 Å². The third-order valence-electron chi connectivity index (χ3n) is 2.70. The van der Waals surface area contributed by atoms with Crippen LogP contribution >= 0.6 is 0 Å². The van der Waals surface area contributed by atoms with Gasteiger partial charge in [-0.2, -0.15) is 5.26 Å². The molecule has 0 aliphatic heterocycles. The smallest absolute Gasteiger partial charge is 0.349 e. The maximum absolute atomic E-state index is 13.4. The minimum absolute atomic E-state index is 0.0829. The Balaban J connectivity index is 2.00. The predicted molar refractivity (Wildman–Crippen MR) is 75.3 cm³/mol. The van der Waals surface area contributed by atoms with Crippen molar-refractivity contribution in [1.29, 1.82) is 5.26 Å². The van der Waals surface area contributed by atoms with Crippen molar-refractivity contribution in [3.8, 4) is 17.6 Å². The fourth-order valence-corrected chi connectivity index (χ4v) is 1.68. The van der Waals surface area contributed by atoms with Gasteiger partial charge in [0.2, 0.25) is 0 Å². The van der Waals surface area contributed by atoms with Crippen LogP contribution in [-0.4, -0.2) is 17.5 Å². The van der Waals surface area contributed by atoms with E-state index in [4.69, 9.17) is 14.7 Å². The van der Waals surface area contributed by atoms with E-state index in [1.165, 1.54) is 36.4 Å². The summed E-state index contributed by atoms with van der Waals surface area (Å²) in [5.74, 6) is -1.87. The van der Waals surface area contributed by atoms with E-state index >= 15 is 0 Å². The number of hydrogen-bond donors (Lipinski definition) is 0. The summed E-state index contributed by atoms with van der Waals surface area (Å²) < 4.78 is 23.3. The maximum atomic E-state index is 13.4. The number of halogens is 1. The lowest BCUT2D eigenvalue weighted by Gasteiger charge is -2.07. The van der Waals surface area contributed by atoms with Crippen LogP contribution in [0.25, 0.3) is 0 Å². The van der Waals surface area contributed by atoms with Gasteiger partial charge in [0.25, 0.3) is 0 Å². The zero-order valence-electron chi connectivity index (χ0n) is 11.6. The second-order valence-electron chi connectivity index (χ2n) is 4.24. The molecule has 0 N–H and O–H groups in total. The number of carbonyl (C=O) groups excluding carboxylic acids is 1. The molecule has 0 aromatic heterocycles. The minimum atomic E-state index is -0.868. The fraction of sp³-hybridized carbons (Fsp3) is 0.0667. The average Bonchev–Trinajstić information content (AvgIpc) is 2.53. The van der Waals surface area contributed by atoms with Gasteiger partial charge in [0, 0.05) is 12.1 Å². The third kappa shape index (κ3) is 4.01. The molecule has 0 saturated heterocycles. The maximum Gasteiger partial charge on any atom is 0.349 e. The van der Waals surface area contributed by atoms with Gasteiger partial charge in [-0.05, 0) is 18.2 Å². The van der Waals surface area contributed by atoms with Gasteiger partial charge in [0.05, 0.1) is 10.5 Å². The molecular formula is C15H9FN2O5. The van der Waals surface area contributed by atoms with Crippen molar-refractivity contribution in [2.24, 2.45) is 0 Å². The van der Waals surface area contributed by atoms with Gasteiger partial charge in [-0.3, -0.25) is 10.1 Å². The Morgan fingerprint density at radius 2 is 2.04 bits per heavy atom. The highest BCUT2D eigenvalue weighted by Crippen LogP contribution is 2.25. The van der Waals surface area contributed by atoms with Gasteiger partial charge < -0.3 is 9.47 Å². The molecule has 116 valence electrons. The molecule has 2 rings (SSSR count). The Bertz CT molecular complexity index is 801. The Kier molecular flexibility index (Phi) is 4.84. The van der Waals surface area contributed by atoms with Crippen molar-refractivity contribution in [3.63, 3.8) is 0 Å². The van der Waals surface area contributed by atoms with E-state index in [2.05, 4.69) is 0 Å². The molecule has 0 heterocycles. The second kappa shape index (κ2) is 7.00. The first kappa shape index (κ1) is 15.9. The number of hydrogen-bond acceptors (Lipinski definition) is 6. The van der Waals surface area contributed by atoms with Crippen LogP contribution in [0.4, 0.5) is 10.1 Å². The third-order valence-corrected chi connectivity index (χ3v) is 2.70. The van der Waals surface area contributed by atoms with Crippen molar-refractivity contribution in [2.75, 3.05) is 6.61 Å². The Morgan fingerprint density at radius 1 is 1.30 bits per heavy atom. The standard InChI is InChI=1S/C15H9FN2O5/c16-12-7-11(6-5-10(12)8-17)23-15(19)9-22-14-4-2-1-3-13(14)18(20)21/h1-7H,9H2. The lowest BCUT2D eigenvalue weighted by Crippen LogP contribution is -2.18. The molecule has 2 aromatic rings. The van der Waals surface area contributed by atoms with Crippen LogP contribution in [0.5, 0.6) is 11.5 Å². The van der Waals surface area contributed by atoms with E-state index in [1.54, 1.807) is 6.07 Å². The van der Waals surface area contributed by atoms with Crippen molar-refractivity contribution in [3.05, 3.63) is 64.0 Å². The number of nitriles is 1. The lowest BCUT2D eigenvalue weighted by molar-refractivity contribution is -0.385. The highest BCUT2D eigenvalue weighted by molar-refractivity contribution is 5.74. The number of benzene rings is 2. The molecule has 0 fully saturated rings. The average molecular weight is 316 g/mol. The van der Waals surface area contributed by atoms with Crippen LogP contribution in [0, 0.1) is 27.3 Å². The second-order valence-corrected chi connectivity index (χ2v) is 4.24. The zero-order valence-corrected chi connectivity index (χ0v) is 11.6. The van der Waals surface area contributed by atoms with E-state index in [0.717, 1.165) is 6.07 Å². The SMILES string of the molecule is N#Cc1ccc(OC(=O)COc2ccccc2[N+](=O)[O-])cc1F. The molecule has 0 amide bonds. The molecular weight excluding hydrogens is 307 g/mol. The van der Waals surface area contributed by atoms with E-state index in [-0.39, 0.29) is 22.7 Å². The number of nitro groups is 1. The van der Waals surface area contributed by atoms with Crippen LogP contribution in [0.15, 0.2) is 42.5 Å². The molecule has 0 unspecified atom stereocenters. The molecule has 0 bridgehead atoms. The molecule has 8 heteroatoms. The Labute approximate surface area is 129 Å². The molecule has 0 radical (unpaired) electrons. The number of ether oxygens (including phenoxy) is 2. The first-order valence-corrected chi connectivity index (χ1v) is 6.28. The summed E-state index contributed by atoms with van der Waals surface area (Å²) in [4.78, 5) is 21.8. The van der Waals surface area contributed by atoms with Gasteiger partial charge in [0.15, 0.2) is 12.4 Å². The van der Waals surface area contributed by atoms with E-state index < -0.39 is 23.3 Å². The van der Waals surface area contributed by atoms with Gasteiger partial charge in [-0.1, -0.05) is 12.1 Å². The van der Waals surface area contributed by atoms with Gasteiger partial charge in [-0.15, -0.1) is 0 Å². The topological polar surface area (TPSA) is 102 Å². The van der Waals surface area contributed by atoms with E-state index in [1.807, 2.05) is 0 Å². The van der Waals surface area contributed by atoms with Gasteiger partial charge in [0.1, 0.15) is 17.6 Å². The van der Waals surface area contributed by atoms with Crippen molar-refractivity contribution >= 4 is 11.7 Å².